The lowest BCUT2D eigenvalue weighted by molar-refractivity contribution is -0.161. The van der Waals surface area contributed by atoms with Gasteiger partial charge in [-0.1, -0.05) is 56.5 Å². The van der Waals surface area contributed by atoms with Gasteiger partial charge in [0.1, 0.15) is 5.60 Å². The van der Waals surface area contributed by atoms with Gasteiger partial charge in [0.25, 0.3) is 0 Å². The molecule has 0 aromatic heterocycles. The monoisotopic (exact) mass is 511 g/mol. The highest BCUT2D eigenvalue weighted by atomic mass is 16.6. The van der Waals surface area contributed by atoms with Crippen LogP contribution in [-0.2, 0) is 20.9 Å². The van der Waals surface area contributed by atoms with Crippen molar-refractivity contribution in [1.82, 2.24) is 15.1 Å². The standard InChI is InChI=1S/C31H49N3O3/c1-24-20-34(22-26-13-9-6-10-14-26)23-31(24,19-28(35)37-30(2,3)4)29(36)32-27-15-17-33(18-16-27)21-25-11-7-5-8-12-25/h6,9-10,13-14,24-25,27H,5,7-8,11-12,15-23H2,1-4H3,(H,32,36). The van der Waals surface area contributed by atoms with E-state index in [0.717, 1.165) is 44.9 Å². The molecule has 1 aromatic carbocycles. The fourth-order valence-electron chi connectivity index (χ4n) is 6.71. The van der Waals surface area contributed by atoms with Crippen LogP contribution in [0.25, 0.3) is 0 Å². The molecule has 2 unspecified atom stereocenters. The highest BCUT2D eigenvalue weighted by molar-refractivity contribution is 5.88. The summed E-state index contributed by atoms with van der Waals surface area (Å²) in [6.07, 6.45) is 9.03. The first-order valence-electron chi connectivity index (χ1n) is 14.6. The number of benzene rings is 1. The van der Waals surface area contributed by atoms with Gasteiger partial charge in [0, 0.05) is 45.3 Å². The highest BCUT2D eigenvalue weighted by Gasteiger charge is 2.52. The first kappa shape index (κ1) is 28.1. The van der Waals surface area contributed by atoms with Crippen LogP contribution in [0.15, 0.2) is 30.3 Å². The molecule has 2 saturated heterocycles. The molecule has 4 rings (SSSR count). The summed E-state index contributed by atoms with van der Waals surface area (Å²) in [6.45, 7) is 13.3. The lowest BCUT2D eigenvalue weighted by atomic mass is 9.75. The van der Waals surface area contributed by atoms with Crippen LogP contribution in [0.5, 0.6) is 0 Å². The number of esters is 1. The van der Waals surface area contributed by atoms with Gasteiger partial charge >= 0.3 is 5.97 Å². The molecule has 0 spiro atoms. The zero-order valence-corrected chi connectivity index (χ0v) is 23.6. The fraction of sp³-hybridized carbons (Fsp3) is 0.742. The molecule has 6 heteroatoms. The van der Waals surface area contributed by atoms with Crippen molar-refractivity contribution >= 4 is 11.9 Å². The number of carbonyl (C=O) groups excluding carboxylic acids is 2. The number of hydrogen-bond donors (Lipinski definition) is 1. The van der Waals surface area contributed by atoms with E-state index in [1.165, 1.54) is 44.2 Å². The summed E-state index contributed by atoms with van der Waals surface area (Å²) < 4.78 is 5.71. The summed E-state index contributed by atoms with van der Waals surface area (Å²) in [5.74, 6) is 0.674. The Morgan fingerprint density at radius 2 is 1.68 bits per heavy atom. The number of nitrogens with one attached hydrogen (secondary N) is 1. The zero-order valence-electron chi connectivity index (χ0n) is 23.6. The number of amides is 1. The van der Waals surface area contributed by atoms with Crippen LogP contribution in [-0.4, -0.2) is 66.0 Å². The van der Waals surface area contributed by atoms with Gasteiger partial charge in [-0.3, -0.25) is 14.5 Å². The van der Waals surface area contributed by atoms with E-state index < -0.39 is 11.0 Å². The molecular formula is C31H49N3O3. The Kier molecular flexibility index (Phi) is 9.33. The molecule has 2 aliphatic heterocycles. The highest BCUT2D eigenvalue weighted by Crippen LogP contribution is 2.41. The SMILES string of the molecule is CC1CN(Cc2ccccc2)CC1(CC(=O)OC(C)(C)C)C(=O)NC1CCN(CC2CCCCC2)CC1. The molecule has 1 N–H and O–H groups in total. The van der Waals surface area contributed by atoms with Crippen LogP contribution >= 0.6 is 0 Å². The third-order valence-electron chi connectivity index (χ3n) is 8.73. The number of rotatable bonds is 8. The topological polar surface area (TPSA) is 61.9 Å². The van der Waals surface area contributed by atoms with Crippen LogP contribution in [0.4, 0.5) is 0 Å². The van der Waals surface area contributed by atoms with Gasteiger partial charge in [-0.2, -0.15) is 0 Å². The largest absolute Gasteiger partial charge is 0.460 e. The lowest BCUT2D eigenvalue weighted by Crippen LogP contribution is -2.53. The number of nitrogens with zero attached hydrogens (tertiary/aromatic N) is 2. The Hall–Kier alpha value is -1.92. The fourth-order valence-corrected chi connectivity index (χ4v) is 6.71. The number of hydrogen-bond acceptors (Lipinski definition) is 5. The minimum atomic E-state index is -0.768. The molecule has 1 aliphatic carbocycles. The van der Waals surface area contributed by atoms with Crippen molar-refractivity contribution in [2.45, 2.75) is 97.2 Å². The molecule has 1 amide bonds. The molecule has 3 aliphatic rings. The van der Waals surface area contributed by atoms with E-state index in [4.69, 9.17) is 4.74 Å². The van der Waals surface area contributed by atoms with Crippen LogP contribution in [0.2, 0.25) is 0 Å². The Morgan fingerprint density at radius 3 is 2.32 bits per heavy atom. The van der Waals surface area contributed by atoms with Gasteiger partial charge in [-0.15, -0.1) is 0 Å². The molecule has 0 radical (unpaired) electrons. The van der Waals surface area contributed by atoms with Crippen molar-refractivity contribution in [1.29, 1.82) is 0 Å². The third-order valence-corrected chi connectivity index (χ3v) is 8.73. The van der Waals surface area contributed by atoms with Gasteiger partial charge in [0.2, 0.25) is 5.91 Å². The molecule has 6 nitrogen and oxygen atoms in total. The first-order chi connectivity index (χ1) is 17.6. The summed E-state index contributed by atoms with van der Waals surface area (Å²) in [5, 5.41) is 3.41. The summed E-state index contributed by atoms with van der Waals surface area (Å²) in [5.41, 5.74) is -0.101. The van der Waals surface area contributed by atoms with E-state index in [1.54, 1.807) is 0 Å². The van der Waals surface area contributed by atoms with Gasteiger partial charge in [0.05, 0.1) is 11.8 Å². The molecule has 3 fully saturated rings. The van der Waals surface area contributed by atoms with Crippen molar-refractivity contribution in [2.24, 2.45) is 17.3 Å². The summed E-state index contributed by atoms with van der Waals surface area (Å²) in [6, 6.07) is 10.6. The maximum Gasteiger partial charge on any atom is 0.307 e. The second kappa shape index (κ2) is 12.3. The van der Waals surface area contributed by atoms with Crippen molar-refractivity contribution < 1.29 is 14.3 Å². The van der Waals surface area contributed by atoms with E-state index >= 15 is 0 Å². The first-order valence-corrected chi connectivity index (χ1v) is 14.6. The summed E-state index contributed by atoms with van der Waals surface area (Å²) in [7, 11) is 0. The normalized spacial score (nSPS) is 26.8. The minimum Gasteiger partial charge on any atom is -0.460 e. The Bertz CT molecular complexity index is 885. The van der Waals surface area contributed by atoms with Crippen molar-refractivity contribution in [3.63, 3.8) is 0 Å². The number of likely N-dealkylation sites (tertiary alicyclic amines) is 2. The molecule has 0 bridgehead atoms. The average molecular weight is 512 g/mol. The Labute approximate surface area is 224 Å². The third kappa shape index (κ3) is 7.79. The van der Waals surface area contributed by atoms with Crippen LogP contribution in [0.3, 0.4) is 0 Å². The quantitative estimate of drug-likeness (QED) is 0.497. The predicted molar refractivity (Wildman–Crippen MR) is 148 cm³/mol. The smallest absolute Gasteiger partial charge is 0.307 e. The number of carbonyl (C=O) groups is 2. The molecule has 37 heavy (non-hydrogen) atoms. The van der Waals surface area contributed by atoms with Crippen molar-refractivity contribution in [3.8, 4) is 0 Å². The predicted octanol–water partition coefficient (Wildman–Crippen LogP) is 5.02. The van der Waals surface area contributed by atoms with Crippen molar-refractivity contribution in [3.05, 3.63) is 35.9 Å². The second-order valence-corrected chi connectivity index (χ2v) is 13.0. The van der Waals surface area contributed by atoms with Gasteiger partial charge in [0.15, 0.2) is 0 Å². The van der Waals surface area contributed by atoms with Gasteiger partial charge in [-0.25, -0.2) is 0 Å². The minimum absolute atomic E-state index is 0.0344. The number of ether oxygens (including phenoxy) is 1. The maximum absolute atomic E-state index is 14.0. The molecule has 1 saturated carbocycles. The number of piperidine rings is 1. The van der Waals surface area contributed by atoms with Crippen LogP contribution < -0.4 is 5.32 Å². The second-order valence-electron chi connectivity index (χ2n) is 13.0. The average Bonchev–Trinajstić information content (AvgIpc) is 3.15. The molecule has 1 aromatic rings. The van der Waals surface area contributed by atoms with E-state index in [-0.39, 0.29) is 30.3 Å². The van der Waals surface area contributed by atoms with Crippen LogP contribution in [0, 0.1) is 17.3 Å². The van der Waals surface area contributed by atoms with E-state index in [1.807, 2.05) is 26.8 Å². The Morgan fingerprint density at radius 1 is 1.00 bits per heavy atom. The zero-order chi connectivity index (χ0) is 26.5. The van der Waals surface area contributed by atoms with Crippen molar-refractivity contribution in [2.75, 3.05) is 32.7 Å². The maximum atomic E-state index is 14.0. The lowest BCUT2D eigenvalue weighted by Gasteiger charge is -2.38. The van der Waals surface area contributed by atoms with E-state index in [2.05, 4.69) is 46.3 Å². The van der Waals surface area contributed by atoms with Crippen LogP contribution in [0.1, 0.15) is 84.6 Å². The molecular weight excluding hydrogens is 462 g/mol. The molecule has 206 valence electrons. The van der Waals surface area contributed by atoms with E-state index in [0.29, 0.717) is 6.54 Å². The Balaban J connectivity index is 1.39. The summed E-state index contributed by atoms with van der Waals surface area (Å²) in [4.78, 5) is 32.0. The van der Waals surface area contributed by atoms with Gasteiger partial charge < -0.3 is 15.0 Å². The molecule has 2 atom stereocenters. The van der Waals surface area contributed by atoms with E-state index in [9.17, 15) is 9.59 Å². The molecule has 2 heterocycles. The summed E-state index contributed by atoms with van der Waals surface area (Å²) >= 11 is 0. The van der Waals surface area contributed by atoms with Gasteiger partial charge in [-0.05, 0) is 63.9 Å².